The highest BCUT2D eigenvalue weighted by Gasteiger charge is 2.16. The molecular formula is C12H13ClN2O4. The van der Waals surface area contributed by atoms with E-state index in [1.54, 1.807) is 6.92 Å². The van der Waals surface area contributed by atoms with Gasteiger partial charge in [0.25, 0.3) is 5.91 Å². The largest absolute Gasteiger partial charge is 0.465 e. The van der Waals surface area contributed by atoms with Gasteiger partial charge in [-0.1, -0.05) is 11.6 Å². The van der Waals surface area contributed by atoms with Crippen LogP contribution in [-0.4, -0.2) is 30.9 Å². The van der Waals surface area contributed by atoms with Crippen LogP contribution in [-0.2, 0) is 9.53 Å². The number of esters is 1. The van der Waals surface area contributed by atoms with Gasteiger partial charge in [0, 0.05) is 5.02 Å². The fourth-order valence-corrected chi connectivity index (χ4v) is 1.55. The number of primary amides is 1. The lowest BCUT2D eigenvalue weighted by Gasteiger charge is -2.08. The number of carbonyl (C=O) groups excluding carboxylic acids is 3. The number of nitrogens with two attached hydrogens (primary N) is 1. The van der Waals surface area contributed by atoms with Gasteiger partial charge < -0.3 is 15.8 Å². The molecule has 3 N–H and O–H groups in total. The monoisotopic (exact) mass is 284 g/mol. The van der Waals surface area contributed by atoms with Crippen LogP contribution in [0.15, 0.2) is 18.2 Å². The van der Waals surface area contributed by atoms with Crippen molar-refractivity contribution in [1.82, 2.24) is 5.32 Å². The lowest BCUT2D eigenvalue weighted by molar-refractivity contribution is -0.141. The molecule has 1 aromatic carbocycles. The summed E-state index contributed by atoms with van der Waals surface area (Å²) in [5, 5.41) is 2.61. The summed E-state index contributed by atoms with van der Waals surface area (Å²) >= 11 is 5.75. The summed E-state index contributed by atoms with van der Waals surface area (Å²) < 4.78 is 4.66. The Balaban J connectivity index is 2.84. The summed E-state index contributed by atoms with van der Waals surface area (Å²) in [5.41, 5.74) is 5.20. The quantitative estimate of drug-likeness (QED) is 0.779. The first-order valence-corrected chi connectivity index (χ1v) is 5.86. The van der Waals surface area contributed by atoms with Gasteiger partial charge in [0.05, 0.1) is 17.7 Å². The molecule has 1 aromatic rings. The second-order valence-electron chi connectivity index (χ2n) is 3.54. The first kappa shape index (κ1) is 15.0. The predicted molar refractivity (Wildman–Crippen MR) is 68.9 cm³/mol. The van der Waals surface area contributed by atoms with Crippen molar-refractivity contribution in [2.45, 2.75) is 6.92 Å². The highest BCUT2D eigenvalue weighted by atomic mass is 35.5. The van der Waals surface area contributed by atoms with Gasteiger partial charge in [-0.15, -0.1) is 0 Å². The molecule has 6 nitrogen and oxygen atoms in total. The van der Waals surface area contributed by atoms with Gasteiger partial charge in [0.15, 0.2) is 0 Å². The number of amides is 2. The Morgan fingerprint density at radius 1 is 1.32 bits per heavy atom. The van der Waals surface area contributed by atoms with Gasteiger partial charge in [-0.25, -0.2) is 0 Å². The molecule has 0 saturated heterocycles. The Morgan fingerprint density at radius 3 is 2.58 bits per heavy atom. The van der Waals surface area contributed by atoms with E-state index in [2.05, 4.69) is 10.1 Å². The maximum absolute atomic E-state index is 11.8. The first-order chi connectivity index (χ1) is 8.95. The molecule has 0 spiro atoms. The van der Waals surface area contributed by atoms with Crippen LogP contribution in [0.4, 0.5) is 0 Å². The van der Waals surface area contributed by atoms with E-state index < -0.39 is 17.8 Å². The summed E-state index contributed by atoms with van der Waals surface area (Å²) in [6, 6.07) is 4.11. The third kappa shape index (κ3) is 4.26. The zero-order chi connectivity index (χ0) is 14.4. The molecule has 0 unspecified atom stereocenters. The van der Waals surface area contributed by atoms with Crippen molar-refractivity contribution in [1.29, 1.82) is 0 Å². The Kier molecular flexibility index (Phi) is 5.32. The minimum atomic E-state index is -0.752. The maximum Gasteiger partial charge on any atom is 0.325 e. The zero-order valence-electron chi connectivity index (χ0n) is 10.2. The number of rotatable bonds is 5. The van der Waals surface area contributed by atoms with Crippen molar-refractivity contribution in [3.05, 3.63) is 34.3 Å². The molecule has 0 radical (unpaired) electrons. The van der Waals surface area contributed by atoms with Crippen molar-refractivity contribution >= 4 is 29.4 Å². The van der Waals surface area contributed by atoms with Gasteiger partial charge in [0.1, 0.15) is 6.54 Å². The van der Waals surface area contributed by atoms with E-state index in [1.807, 2.05) is 0 Å². The highest BCUT2D eigenvalue weighted by molar-refractivity contribution is 6.31. The fourth-order valence-electron chi connectivity index (χ4n) is 1.38. The number of hydrogen-bond acceptors (Lipinski definition) is 4. The average molecular weight is 285 g/mol. The molecule has 7 heteroatoms. The summed E-state index contributed by atoms with van der Waals surface area (Å²) in [7, 11) is 0. The first-order valence-electron chi connectivity index (χ1n) is 5.49. The summed E-state index contributed by atoms with van der Waals surface area (Å²) in [5.74, 6) is -1.94. The van der Waals surface area contributed by atoms with E-state index in [4.69, 9.17) is 17.3 Å². The van der Waals surface area contributed by atoms with Crippen molar-refractivity contribution in [3.8, 4) is 0 Å². The summed E-state index contributed by atoms with van der Waals surface area (Å²) in [6.07, 6.45) is 0. The molecule has 0 saturated carbocycles. The van der Waals surface area contributed by atoms with Gasteiger partial charge in [-0.05, 0) is 25.1 Å². The van der Waals surface area contributed by atoms with E-state index >= 15 is 0 Å². The van der Waals surface area contributed by atoms with Gasteiger partial charge in [-0.2, -0.15) is 0 Å². The van der Waals surface area contributed by atoms with Crippen LogP contribution in [0.25, 0.3) is 0 Å². The zero-order valence-corrected chi connectivity index (χ0v) is 11.0. The number of carbonyl (C=O) groups is 3. The van der Waals surface area contributed by atoms with E-state index in [0.717, 1.165) is 0 Å². The molecule has 0 fully saturated rings. The van der Waals surface area contributed by atoms with Crippen LogP contribution >= 0.6 is 11.6 Å². The Hall–Kier alpha value is -2.08. The summed E-state index contributed by atoms with van der Waals surface area (Å²) in [6.45, 7) is 1.58. The molecule has 0 bridgehead atoms. The molecule has 0 aliphatic heterocycles. The second-order valence-corrected chi connectivity index (χ2v) is 3.98. The fraction of sp³-hybridized carbons (Fsp3) is 0.250. The standard InChI is InChI=1S/C12H13ClN2O4/c1-2-19-10(16)6-15-12(18)9-5-7(13)3-4-8(9)11(14)17/h3-5H,2,6H2,1H3,(H2,14,17)(H,15,18). The molecule has 0 atom stereocenters. The molecule has 0 aliphatic rings. The summed E-state index contributed by atoms with van der Waals surface area (Å²) in [4.78, 5) is 34.1. The van der Waals surface area contributed by atoms with Crippen LogP contribution in [0, 0.1) is 0 Å². The Labute approximate surface area is 114 Å². The van der Waals surface area contributed by atoms with Gasteiger partial charge in [0.2, 0.25) is 5.91 Å². The van der Waals surface area contributed by atoms with Crippen molar-refractivity contribution in [2.75, 3.05) is 13.2 Å². The smallest absolute Gasteiger partial charge is 0.325 e. The molecule has 2 amide bonds. The topological polar surface area (TPSA) is 98.5 Å². The lowest BCUT2D eigenvalue weighted by Crippen LogP contribution is -2.32. The van der Waals surface area contributed by atoms with Gasteiger partial charge >= 0.3 is 5.97 Å². The number of hydrogen-bond donors (Lipinski definition) is 2. The molecule has 0 aromatic heterocycles. The van der Waals surface area contributed by atoms with Crippen LogP contribution in [0.5, 0.6) is 0 Å². The minimum absolute atomic E-state index is 0.0179. The third-order valence-corrected chi connectivity index (χ3v) is 2.43. The van der Waals surface area contributed by atoms with Crippen molar-refractivity contribution in [3.63, 3.8) is 0 Å². The molecule has 102 valence electrons. The average Bonchev–Trinajstić information content (AvgIpc) is 2.35. The van der Waals surface area contributed by atoms with Gasteiger partial charge in [-0.3, -0.25) is 14.4 Å². The van der Waals surface area contributed by atoms with E-state index in [0.29, 0.717) is 0 Å². The van der Waals surface area contributed by atoms with Crippen LogP contribution < -0.4 is 11.1 Å². The molecule has 0 aliphatic carbocycles. The Bertz CT molecular complexity index is 516. The molecule has 0 heterocycles. The number of benzene rings is 1. The molecular weight excluding hydrogens is 272 g/mol. The van der Waals surface area contributed by atoms with Crippen molar-refractivity contribution < 1.29 is 19.1 Å². The molecule has 1 rings (SSSR count). The van der Waals surface area contributed by atoms with Crippen molar-refractivity contribution in [2.24, 2.45) is 5.73 Å². The van der Waals surface area contributed by atoms with E-state index in [-0.39, 0.29) is 29.3 Å². The maximum atomic E-state index is 11.8. The Morgan fingerprint density at radius 2 is 2.00 bits per heavy atom. The highest BCUT2D eigenvalue weighted by Crippen LogP contribution is 2.15. The second kappa shape index (κ2) is 6.75. The number of ether oxygens (including phenoxy) is 1. The van der Waals surface area contributed by atoms with Crippen LogP contribution in [0.2, 0.25) is 5.02 Å². The molecule has 19 heavy (non-hydrogen) atoms. The van der Waals surface area contributed by atoms with Crippen LogP contribution in [0.1, 0.15) is 27.6 Å². The predicted octanol–water partition coefficient (Wildman–Crippen LogP) is 0.732. The van der Waals surface area contributed by atoms with Crippen LogP contribution in [0.3, 0.4) is 0 Å². The van der Waals surface area contributed by atoms with E-state index in [1.165, 1.54) is 18.2 Å². The van der Waals surface area contributed by atoms with E-state index in [9.17, 15) is 14.4 Å². The third-order valence-electron chi connectivity index (χ3n) is 2.19. The lowest BCUT2D eigenvalue weighted by atomic mass is 10.1. The SMILES string of the molecule is CCOC(=O)CNC(=O)c1cc(Cl)ccc1C(N)=O. The number of halogens is 1. The minimum Gasteiger partial charge on any atom is -0.465 e. The normalized spacial score (nSPS) is 9.79. The number of nitrogens with one attached hydrogen (secondary N) is 1.